The summed E-state index contributed by atoms with van der Waals surface area (Å²) in [5.74, 6) is 3.70. The van der Waals surface area contributed by atoms with Gasteiger partial charge in [0.15, 0.2) is 34.8 Å². The highest BCUT2D eigenvalue weighted by atomic mass is 32.1. The second-order valence-electron chi connectivity index (χ2n) is 34.2. The first-order chi connectivity index (χ1) is 66.3. The summed E-state index contributed by atoms with van der Waals surface area (Å²) >= 11 is 5.34. The Bertz CT molecular complexity index is 9390. The van der Waals surface area contributed by atoms with Crippen molar-refractivity contribution < 1.29 is 13.3 Å². The van der Waals surface area contributed by atoms with Gasteiger partial charge in [0, 0.05) is 110 Å². The van der Waals surface area contributed by atoms with E-state index >= 15 is 0 Å². The molecule has 18 aromatic carbocycles. The van der Waals surface area contributed by atoms with Gasteiger partial charge < -0.3 is 13.3 Å². The van der Waals surface area contributed by atoms with E-state index in [0.717, 1.165) is 154 Å². The lowest BCUT2D eigenvalue weighted by molar-refractivity contribution is 0.628. The molecule has 0 atom stereocenters. The topological polar surface area (TPSA) is 117 Å². The largest absolute Gasteiger partial charge is 0.454 e. The molecule has 624 valence electrons. The fraction of sp³-hybridized carbons (Fsp3) is 0. The zero-order valence-corrected chi connectivity index (χ0v) is 74.0. The van der Waals surface area contributed by atoms with Gasteiger partial charge in [-0.15, -0.1) is 34.0 Å². The summed E-state index contributed by atoms with van der Waals surface area (Å²) in [6.45, 7) is 0. The molecule has 27 rings (SSSR count). The molecule has 0 N–H and O–H groups in total. The predicted molar refractivity (Wildman–Crippen MR) is 558 cm³/mol. The number of rotatable bonds is 15. The first-order valence-electron chi connectivity index (χ1n) is 44.8. The molecule has 0 aliphatic carbocycles. The molecule has 27 aromatic rings. The second-order valence-corrected chi connectivity index (χ2v) is 37.4. The summed E-state index contributed by atoms with van der Waals surface area (Å²) in [6.07, 6.45) is 0. The molecule has 0 aliphatic heterocycles. The SMILES string of the molecule is c1ccc(-c2ccc(-c3ccc4oc(-c5cc(-c6ccccc6-c6ccccc6)nc(-c6ccc7c(c6)sc6cccc(-c8ccc9cc(-c%10cc(-c%11ccc(-c%12c%13ccccc%13c(-c%13ccccc%13)c%13ccccc%12%13)cc%11)nc(-c%11ccc%12c(c%11)sc%11ccccc%11%12)n%10)oc9c8)c67)n5)cc4c3)c(-c3cc(-c4cc5ccccc5o4)nc(-c4ccc5c(c4)sc4ccccc45)n3)c2)cc1. The van der Waals surface area contributed by atoms with Crippen LogP contribution in [0.1, 0.15) is 0 Å². The molecule has 9 heterocycles. The lowest BCUT2D eigenvalue weighted by Crippen LogP contribution is -1.97. The van der Waals surface area contributed by atoms with Gasteiger partial charge in [0.05, 0.1) is 17.1 Å². The van der Waals surface area contributed by atoms with Gasteiger partial charge in [0.1, 0.15) is 33.8 Å². The van der Waals surface area contributed by atoms with Crippen molar-refractivity contribution in [2.75, 3.05) is 0 Å². The van der Waals surface area contributed by atoms with Gasteiger partial charge in [0.2, 0.25) is 0 Å². The number of aromatic nitrogens is 6. The van der Waals surface area contributed by atoms with Crippen LogP contribution in [0.25, 0.3) is 284 Å². The molecular weight excluding hydrogens is 1690 g/mol. The molecule has 12 heteroatoms. The fourth-order valence-corrected chi connectivity index (χ4v) is 23.3. The third-order valence-corrected chi connectivity index (χ3v) is 29.6. The standard InChI is InChI=1S/C122H70N6O3S3/c1-4-23-71(24-5-1)76-49-54-86(98(60-76)101-70-104(108-62-79-29-10-19-39-105(79)129-108)128-122(125-101)82-51-56-92-90-33-18-21-41-112(90)133-115(92)66-82)77-53-58-106-84(59-77)64-110(130-106)103-69-100(88-31-12-11-30-85(88)72-25-6-2-7-26-72)124-121(127-103)83-52-57-97-116(67-83)134-113-42-22-38-87(119(97)113)78-47-48-80-63-109(131-107(80)61-78)102-68-99(123-120(126-102)81-50-55-91-89-32-17-20-40-111(89)132-114(91)65-81)73-43-45-75(46-44-73)118-95-36-15-13-34-93(95)117(74-27-8-3-9-28-74)94-35-14-16-37-96(94)118/h1-70H. The average molecular weight is 1760 g/mol. The van der Waals surface area contributed by atoms with Crippen LogP contribution in [0.15, 0.2) is 438 Å². The number of furan rings is 3. The third-order valence-electron chi connectivity index (χ3n) is 26.2. The fourth-order valence-electron chi connectivity index (χ4n) is 19.8. The molecular formula is C122H70N6O3S3. The van der Waals surface area contributed by atoms with E-state index in [9.17, 15) is 0 Å². The quantitative estimate of drug-likeness (QED) is 0.0925. The Hall–Kier alpha value is -17.0. The van der Waals surface area contributed by atoms with E-state index in [1.807, 2.05) is 18.2 Å². The van der Waals surface area contributed by atoms with Crippen LogP contribution in [0.4, 0.5) is 0 Å². The van der Waals surface area contributed by atoms with Crippen LogP contribution in [0.2, 0.25) is 0 Å². The van der Waals surface area contributed by atoms with Crippen molar-refractivity contribution in [3.8, 4) is 169 Å². The average Bonchev–Trinajstić information content (AvgIpc) is 1.37. The van der Waals surface area contributed by atoms with Crippen LogP contribution >= 0.6 is 34.0 Å². The Morgan fingerprint density at radius 2 is 0.545 bits per heavy atom. The predicted octanol–water partition coefficient (Wildman–Crippen LogP) is 34.7. The van der Waals surface area contributed by atoms with Gasteiger partial charge in [-0.05, 0) is 191 Å². The lowest BCUT2D eigenvalue weighted by atomic mass is 9.86. The normalized spacial score (nSPS) is 11.9. The van der Waals surface area contributed by atoms with E-state index in [2.05, 4.69) is 406 Å². The minimum absolute atomic E-state index is 0.570. The summed E-state index contributed by atoms with van der Waals surface area (Å²) in [5.41, 5.74) is 25.3. The molecule has 0 aliphatic rings. The minimum Gasteiger partial charge on any atom is -0.454 e. The minimum atomic E-state index is 0.570. The van der Waals surface area contributed by atoms with Crippen molar-refractivity contribution >= 4 is 149 Å². The molecule has 0 spiro atoms. The van der Waals surface area contributed by atoms with Crippen molar-refractivity contribution in [1.82, 2.24) is 29.9 Å². The molecule has 9 nitrogen and oxygen atoms in total. The molecule has 0 saturated heterocycles. The highest BCUT2D eigenvalue weighted by molar-refractivity contribution is 7.26. The van der Waals surface area contributed by atoms with E-state index in [-0.39, 0.29) is 0 Å². The van der Waals surface area contributed by atoms with Crippen LogP contribution in [-0.2, 0) is 0 Å². The zero-order chi connectivity index (χ0) is 88.0. The number of para-hydroxylation sites is 1. The van der Waals surface area contributed by atoms with E-state index < -0.39 is 0 Å². The highest BCUT2D eigenvalue weighted by Crippen LogP contribution is 2.50. The van der Waals surface area contributed by atoms with Gasteiger partial charge in [-0.3, -0.25) is 0 Å². The maximum atomic E-state index is 7.09. The van der Waals surface area contributed by atoms with Crippen LogP contribution in [0, 0.1) is 0 Å². The van der Waals surface area contributed by atoms with Crippen LogP contribution in [0.3, 0.4) is 0 Å². The third kappa shape index (κ3) is 13.3. The van der Waals surface area contributed by atoms with E-state index in [1.165, 1.54) is 78.6 Å². The number of fused-ring (bicyclic) bond motifs is 14. The Morgan fingerprint density at radius 1 is 0.164 bits per heavy atom. The van der Waals surface area contributed by atoms with E-state index in [4.69, 9.17) is 43.2 Å². The Labute approximate surface area is 779 Å². The van der Waals surface area contributed by atoms with Crippen molar-refractivity contribution in [3.63, 3.8) is 0 Å². The molecule has 9 aromatic heterocycles. The molecule has 134 heavy (non-hydrogen) atoms. The van der Waals surface area contributed by atoms with Gasteiger partial charge >= 0.3 is 0 Å². The van der Waals surface area contributed by atoms with Gasteiger partial charge in [-0.1, -0.05) is 322 Å². The number of benzene rings is 18. The first-order valence-corrected chi connectivity index (χ1v) is 47.2. The molecule has 0 amide bonds. The zero-order valence-electron chi connectivity index (χ0n) is 71.5. The summed E-state index contributed by atoms with van der Waals surface area (Å²) in [4.78, 5) is 32.8. The van der Waals surface area contributed by atoms with Crippen LogP contribution in [-0.4, -0.2) is 29.9 Å². The number of hydrogen-bond donors (Lipinski definition) is 0. The smallest absolute Gasteiger partial charge is 0.160 e. The van der Waals surface area contributed by atoms with Crippen molar-refractivity contribution in [2.24, 2.45) is 0 Å². The molecule has 0 radical (unpaired) electrons. The van der Waals surface area contributed by atoms with Crippen molar-refractivity contribution in [2.45, 2.75) is 0 Å². The summed E-state index contributed by atoms with van der Waals surface area (Å²) in [6, 6.07) is 151. The summed E-state index contributed by atoms with van der Waals surface area (Å²) in [5, 5.41) is 14.9. The Kier molecular flexibility index (Phi) is 18.0. The van der Waals surface area contributed by atoms with Crippen LogP contribution in [0.5, 0.6) is 0 Å². The van der Waals surface area contributed by atoms with Gasteiger partial charge in [0.25, 0.3) is 0 Å². The maximum Gasteiger partial charge on any atom is 0.160 e. The van der Waals surface area contributed by atoms with Crippen LogP contribution < -0.4 is 0 Å². The van der Waals surface area contributed by atoms with Crippen molar-refractivity contribution in [3.05, 3.63) is 425 Å². The van der Waals surface area contributed by atoms with E-state index in [0.29, 0.717) is 51.8 Å². The number of thiophene rings is 3. The second kappa shape index (κ2) is 31.4. The molecule has 0 unspecified atom stereocenters. The van der Waals surface area contributed by atoms with Crippen molar-refractivity contribution in [1.29, 1.82) is 0 Å². The summed E-state index contributed by atoms with van der Waals surface area (Å²) in [7, 11) is 0. The molecule has 0 saturated carbocycles. The molecule has 0 bridgehead atoms. The number of nitrogens with zero attached hydrogens (tertiary/aromatic N) is 6. The summed E-state index contributed by atoms with van der Waals surface area (Å²) < 4.78 is 27.8. The van der Waals surface area contributed by atoms with E-state index in [1.54, 1.807) is 34.0 Å². The Balaban J connectivity index is 0.548. The Morgan fingerprint density at radius 3 is 1.15 bits per heavy atom. The van der Waals surface area contributed by atoms with Gasteiger partial charge in [-0.2, -0.15) is 0 Å². The first kappa shape index (κ1) is 77.0. The monoisotopic (exact) mass is 1760 g/mol. The molecule has 0 fully saturated rings. The lowest BCUT2D eigenvalue weighted by Gasteiger charge is -2.18. The maximum absolute atomic E-state index is 7.09. The highest BCUT2D eigenvalue weighted by Gasteiger charge is 2.26. The van der Waals surface area contributed by atoms with Gasteiger partial charge in [-0.25, -0.2) is 29.9 Å². The number of hydrogen-bond acceptors (Lipinski definition) is 12.